The second-order valence-electron chi connectivity index (χ2n) is 5.52. The van der Waals surface area contributed by atoms with Crippen LogP contribution in [0.5, 0.6) is 0 Å². The van der Waals surface area contributed by atoms with E-state index < -0.39 is 11.7 Å². The van der Waals surface area contributed by atoms with E-state index in [0.29, 0.717) is 27.5 Å². The van der Waals surface area contributed by atoms with Crippen LogP contribution in [-0.4, -0.2) is 15.5 Å². The molecule has 0 atom stereocenters. The van der Waals surface area contributed by atoms with E-state index in [0.717, 1.165) is 0 Å². The van der Waals surface area contributed by atoms with Crippen molar-refractivity contribution in [3.63, 3.8) is 0 Å². The van der Waals surface area contributed by atoms with Crippen LogP contribution in [0.25, 0.3) is 22.4 Å². The molecule has 0 aliphatic carbocycles. The summed E-state index contributed by atoms with van der Waals surface area (Å²) in [5.74, 6) is -1.35. The standard InChI is InChI=1S/C18H12FN3O3S/c19-12-5-3-4-11(8-12)13-10-26-17(20-13)21-16(23)9-22-14-6-1-2-7-15(14)25-18(22)24/h1-8,10H,9H2,(H,20,21,23). The minimum Gasteiger partial charge on any atom is -0.408 e. The Kier molecular flexibility index (Phi) is 4.10. The molecule has 0 saturated heterocycles. The highest BCUT2D eigenvalue weighted by Crippen LogP contribution is 2.25. The Morgan fingerprint density at radius 2 is 2.08 bits per heavy atom. The summed E-state index contributed by atoms with van der Waals surface area (Å²) in [5.41, 5.74) is 2.16. The van der Waals surface area contributed by atoms with Gasteiger partial charge in [0.15, 0.2) is 10.7 Å². The minimum atomic E-state index is -0.596. The van der Waals surface area contributed by atoms with Gasteiger partial charge in [-0.05, 0) is 24.3 Å². The Labute approximate surface area is 150 Å². The Balaban J connectivity index is 1.52. The molecule has 0 radical (unpaired) electrons. The highest BCUT2D eigenvalue weighted by Gasteiger charge is 2.14. The maximum Gasteiger partial charge on any atom is 0.420 e. The number of hydrogen-bond acceptors (Lipinski definition) is 5. The number of anilines is 1. The van der Waals surface area contributed by atoms with Gasteiger partial charge in [0.05, 0.1) is 11.2 Å². The molecular formula is C18H12FN3O3S. The first-order valence-corrected chi connectivity index (χ1v) is 8.58. The van der Waals surface area contributed by atoms with Gasteiger partial charge in [0.1, 0.15) is 12.4 Å². The van der Waals surface area contributed by atoms with Crippen LogP contribution in [0.3, 0.4) is 0 Å². The van der Waals surface area contributed by atoms with Crippen LogP contribution in [0.1, 0.15) is 0 Å². The Morgan fingerprint density at radius 1 is 1.23 bits per heavy atom. The lowest BCUT2D eigenvalue weighted by Crippen LogP contribution is -2.24. The summed E-state index contributed by atoms with van der Waals surface area (Å²) in [6, 6.07) is 12.9. The second kappa shape index (κ2) is 6.57. The van der Waals surface area contributed by atoms with E-state index in [4.69, 9.17) is 4.42 Å². The van der Waals surface area contributed by atoms with E-state index in [1.807, 2.05) is 0 Å². The van der Waals surface area contributed by atoms with Gasteiger partial charge in [-0.15, -0.1) is 11.3 Å². The quantitative estimate of drug-likeness (QED) is 0.597. The van der Waals surface area contributed by atoms with Gasteiger partial charge >= 0.3 is 5.76 Å². The lowest BCUT2D eigenvalue weighted by molar-refractivity contribution is -0.116. The molecule has 0 spiro atoms. The van der Waals surface area contributed by atoms with Crippen LogP contribution in [0.2, 0.25) is 0 Å². The average Bonchev–Trinajstić information content (AvgIpc) is 3.20. The molecular weight excluding hydrogens is 357 g/mol. The number of nitrogens with one attached hydrogen (secondary N) is 1. The van der Waals surface area contributed by atoms with Crippen LogP contribution >= 0.6 is 11.3 Å². The van der Waals surface area contributed by atoms with Crippen LogP contribution in [0.4, 0.5) is 9.52 Å². The summed E-state index contributed by atoms with van der Waals surface area (Å²) in [4.78, 5) is 28.5. The zero-order chi connectivity index (χ0) is 18.1. The molecule has 130 valence electrons. The van der Waals surface area contributed by atoms with E-state index in [2.05, 4.69) is 10.3 Å². The van der Waals surface area contributed by atoms with Gasteiger partial charge < -0.3 is 9.73 Å². The second-order valence-corrected chi connectivity index (χ2v) is 6.38. The molecule has 2 aromatic carbocycles. The van der Waals surface area contributed by atoms with E-state index in [-0.39, 0.29) is 12.4 Å². The number of para-hydroxylation sites is 2. The zero-order valence-corrected chi connectivity index (χ0v) is 14.1. The topological polar surface area (TPSA) is 77.1 Å². The van der Waals surface area contributed by atoms with Gasteiger partial charge in [0.25, 0.3) is 0 Å². The fourth-order valence-electron chi connectivity index (χ4n) is 2.58. The number of oxazole rings is 1. The molecule has 0 fully saturated rings. The predicted molar refractivity (Wildman–Crippen MR) is 96.6 cm³/mol. The van der Waals surface area contributed by atoms with Crippen molar-refractivity contribution in [2.75, 3.05) is 5.32 Å². The molecule has 8 heteroatoms. The van der Waals surface area contributed by atoms with Gasteiger partial charge in [-0.3, -0.25) is 9.36 Å². The van der Waals surface area contributed by atoms with Crippen molar-refractivity contribution in [3.05, 3.63) is 70.3 Å². The van der Waals surface area contributed by atoms with E-state index in [1.165, 1.54) is 28.0 Å². The fraction of sp³-hybridized carbons (Fsp3) is 0.0556. The molecule has 0 aliphatic heterocycles. The average molecular weight is 369 g/mol. The number of carbonyl (C=O) groups is 1. The van der Waals surface area contributed by atoms with Crippen molar-refractivity contribution in [1.82, 2.24) is 9.55 Å². The first kappa shape index (κ1) is 16.2. The summed E-state index contributed by atoms with van der Waals surface area (Å²) in [6.07, 6.45) is 0. The molecule has 26 heavy (non-hydrogen) atoms. The molecule has 4 rings (SSSR count). The zero-order valence-electron chi connectivity index (χ0n) is 13.3. The van der Waals surface area contributed by atoms with E-state index in [1.54, 1.807) is 41.8 Å². The Morgan fingerprint density at radius 3 is 2.92 bits per heavy atom. The van der Waals surface area contributed by atoms with Gasteiger partial charge in [0.2, 0.25) is 5.91 Å². The maximum atomic E-state index is 13.3. The van der Waals surface area contributed by atoms with Crippen molar-refractivity contribution in [3.8, 4) is 11.3 Å². The summed E-state index contributed by atoms with van der Waals surface area (Å²) in [6.45, 7) is -0.190. The molecule has 6 nitrogen and oxygen atoms in total. The first-order chi connectivity index (χ1) is 12.6. The number of aromatic nitrogens is 2. The smallest absolute Gasteiger partial charge is 0.408 e. The van der Waals surface area contributed by atoms with Crippen molar-refractivity contribution in [2.24, 2.45) is 0 Å². The van der Waals surface area contributed by atoms with Gasteiger partial charge in [0, 0.05) is 10.9 Å². The van der Waals surface area contributed by atoms with Crippen molar-refractivity contribution in [2.45, 2.75) is 6.54 Å². The fourth-order valence-corrected chi connectivity index (χ4v) is 3.31. The van der Waals surface area contributed by atoms with E-state index in [9.17, 15) is 14.0 Å². The summed E-state index contributed by atoms with van der Waals surface area (Å²) < 4.78 is 19.7. The Bertz CT molecular complexity index is 1160. The number of fused-ring (bicyclic) bond motifs is 1. The molecule has 0 aliphatic rings. The lowest BCUT2D eigenvalue weighted by atomic mass is 10.2. The molecule has 4 aromatic rings. The number of hydrogen-bond donors (Lipinski definition) is 1. The van der Waals surface area contributed by atoms with Gasteiger partial charge in [-0.1, -0.05) is 24.3 Å². The monoisotopic (exact) mass is 369 g/mol. The molecule has 0 bridgehead atoms. The number of halogens is 1. The lowest BCUT2D eigenvalue weighted by Gasteiger charge is -2.02. The molecule has 1 N–H and O–H groups in total. The molecule has 2 heterocycles. The van der Waals surface area contributed by atoms with E-state index >= 15 is 0 Å². The highest BCUT2D eigenvalue weighted by atomic mass is 32.1. The summed E-state index contributed by atoms with van der Waals surface area (Å²) in [7, 11) is 0. The van der Waals surface area contributed by atoms with Crippen molar-refractivity contribution < 1.29 is 13.6 Å². The number of rotatable bonds is 4. The largest absolute Gasteiger partial charge is 0.420 e. The third-order valence-corrected chi connectivity index (χ3v) is 4.50. The third-order valence-electron chi connectivity index (χ3n) is 3.75. The Hall–Kier alpha value is -3.26. The van der Waals surface area contributed by atoms with Crippen molar-refractivity contribution >= 4 is 33.5 Å². The SMILES string of the molecule is O=C(Cn1c(=O)oc2ccccc21)Nc1nc(-c2cccc(F)c2)cs1. The summed E-state index contributed by atoms with van der Waals surface area (Å²) in [5, 5.41) is 4.75. The molecule has 0 saturated carbocycles. The number of nitrogens with zero attached hydrogens (tertiary/aromatic N) is 2. The van der Waals surface area contributed by atoms with Crippen LogP contribution in [0, 0.1) is 5.82 Å². The molecule has 2 aromatic heterocycles. The number of carbonyl (C=O) groups excluding carboxylic acids is 1. The summed E-state index contributed by atoms with van der Waals surface area (Å²) >= 11 is 1.22. The van der Waals surface area contributed by atoms with Gasteiger partial charge in [-0.25, -0.2) is 14.2 Å². The van der Waals surface area contributed by atoms with Crippen LogP contribution < -0.4 is 11.1 Å². The maximum absolute atomic E-state index is 13.3. The normalized spacial score (nSPS) is 11.0. The number of amides is 1. The molecule has 1 amide bonds. The minimum absolute atomic E-state index is 0.190. The highest BCUT2D eigenvalue weighted by molar-refractivity contribution is 7.14. The van der Waals surface area contributed by atoms with Crippen LogP contribution in [-0.2, 0) is 11.3 Å². The van der Waals surface area contributed by atoms with Crippen molar-refractivity contribution in [1.29, 1.82) is 0 Å². The predicted octanol–water partition coefficient (Wildman–Crippen LogP) is 3.50. The number of benzene rings is 2. The van der Waals surface area contributed by atoms with Gasteiger partial charge in [-0.2, -0.15) is 0 Å². The molecule has 0 unspecified atom stereocenters. The number of thiazole rings is 1. The first-order valence-electron chi connectivity index (χ1n) is 7.70. The third kappa shape index (κ3) is 3.14. The van der Waals surface area contributed by atoms with Crippen LogP contribution in [0.15, 0.2) is 63.1 Å².